The topological polar surface area (TPSA) is 50.7 Å². The Hall–Kier alpha value is -2.86. The number of hydrogen-bond donors (Lipinski definition) is 0. The van der Waals surface area contributed by atoms with Crippen LogP contribution < -0.4 is 14.4 Å². The van der Waals surface area contributed by atoms with E-state index in [0.717, 1.165) is 60.7 Å². The van der Waals surface area contributed by atoms with Gasteiger partial charge in [0.25, 0.3) is 0 Å². The van der Waals surface area contributed by atoms with Gasteiger partial charge in [-0.2, -0.15) is 0 Å². The third-order valence-corrected chi connectivity index (χ3v) is 5.23. The minimum absolute atomic E-state index is 0.675. The lowest BCUT2D eigenvalue weighted by Gasteiger charge is -2.24. The Morgan fingerprint density at radius 3 is 2.36 bits per heavy atom. The third-order valence-electron chi connectivity index (χ3n) is 5.23. The standard InChI is InChI=1S/C22H26N4O2/c1-25-10-7-11-26(13-12-25)22-17-14-19(27-2)20(28-3)15-18(17)23-21(24-22)16-8-5-4-6-9-16/h4-6,8-9,14-15H,7,10-13H2,1-3H3. The Morgan fingerprint density at radius 1 is 0.857 bits per heavy atom. The zero-order valence-corrected chi connectivity index (χ0v) is 16.7. The maximum absolute atomic E-state index is 5.54. The lowest BCUT2D eigenvalue weighted by Crippen LogP contribution is -2.29. The highest BCUT2D eigenvalue weighted by atomic mass is 16.5. The van der Waals surface area contributed by atoms with Crippen LogP contribution in [0, 0.1) is 0 Å². The summed E-state index contributed by atoms with van der Waals surface area (Å²) in [5, 5.41) is 0.988. The maximum atomic E-state index is 5.54. The van der Waals surface area contributed by atoms with Gasteiger partial charge in [-0.25, -0.2) is 9.97 Å². The molecule has 1 fully saturated rings. The summed E-state index contributed by atoms with van der Waals surface area (Å²) in [7, 11) is 5.48. The van der Waals surface area contributed by atoms with Crippen LogP contribution in [0.5, 0.6) is 11.5 Å². The van der Waals surface area contributed by atoms with Gasteiger partial charge >= 0.3 is 0 Å². The average molecular weight is 378 g/mol. The smallest absolute Gasteiger partial charge is 0.162 e. The lowest BCUT2D eigenvalue weighted by molar-refractivity contribution is 0.355. The fourth-order valence-corrected chi connectivity index (χ4v) is 3.66. The predicted molar refractivity (Wildman–Crippen MR) is 112 cm³/mol. The summed E-state index contributed by atoms with van der Waals surface area (Å²) < 4.78 is 11.0. The van der Waals surface area contributed by atoms with E-state index >= 15 is 0 Å². The van der Waals surface area contributed by atoms with Gasteiger partial charge in [0, 0.05) is 36.7 Å². The third kappa shape index (κ3) is 3.60. The molecule has 0 amide bonds. The van der Waals surface area contributed by atoms with E-state index in [1.54, 1.807) is 14.2 Å². The van der Waals surface area contributed by atoms with Gasteiger partial charge < -0.3 is 19.3 Å². The SMILES string of the molecule is COc1cc2nc(-c3ccccc3)nc(N3CCCN(C)CC3)c2cc1OC. The first kappa shape index (κ1) is 18.5. The van der Waals surface area contributed by atoms with Crippen LogP contribution >= 0.6 is 0 Å². The van der Waals surface area contributed by atoms with Crippen molar-refractivity contribution in [1.82, 2.24) is 14.9 Å². The molecule has 6 nitrogen and oxygen atoms in total. The molecule has 0 unspecified atom stereocenters. The maximum Gasteiger partial charge on any atom is 0.162 e. The van der Waals surface area contributed by atoms with E-state index in [1.165, 1.54) is 0 Å². The second-order valence-corrected chi connectivity index (χ2v) is 7.11. The molecule has 2 heterocycles. The van der Waals surface area contributed by atoms with Crippen molar-refractivity contribution in [3.8, 4) is 22.9 Å². The number of rotatable bonds is 4. The lowest BCUT2D eigenvalue weighted by atomic mass is 10.1. The molecule has 28 heavy (non-hydrogen) atoms. The average Bonchev–Trinajstić information content (AvgIpc) is 2.96. The fraction of sp³-hybridized carbons (Fsp3) is 0.364. The van der Waals surface area contributed by atoms with Crippen LogP contribution in [-0.4, -0.2) is 62.3 Å². The predicted octanol–water partition coefficient (Wildman–Crippen LogP) is 3.46. The molecule has 3 aromatic rings. The molecule has 0 N–H and O–H groups in total. The van der Waals surface area contributed by atoms with Crippen LogP contribution in [0.15, 0.2) is 42.5 Å². The molecule has 6 heteroatoms. The number of anilines is 1. The van der Waals surface area contributed by atoms with Gasteiger partial charge in [0.05, 0.1) is 19.7 Å². The summed E-state index contributed by atoms with van der Waals surface area (Å²) in [5.74, 6) is 3.06. The number of likely N-dealkylation sites (N-methyl/N-ethyl adjacent to an activating group) is 1. The van der Waals surface area contributed by atoms with Crippen LogP contribution in [-0.2, 0) is 0 Å². The Labute approximate surface area is 165 Å². The Kier molecular flexibility index (Phi) is 5.30. The number of hydrogen-bond acceptors (Lipinski definition) is 6. The zero-order valence-electron chi connectivity index (χ0n) is 16.7. The molecule has 1 saturated heterocycles. The second-order valence-electron chi connectivity index (χ2n) is 7.11. The van der Waals surface area contributed by atoms with Crippen molar-refractivity contribution in [2.24, 2.45) is 0 Å². The van der Waals surface area contributed by atoms with E-state index in [0.29, 0.717) is 11.5 Å². The van der Waals surface area contributed by atoms with Gasteiger partial charge in [-0.15, -0.1) is 0 Å². The summed E-state index contributed by atoms with van der Waals surface area (Å²) in [6, 6.07) is 14.0. The van der Waals surface area contributed by atoms with Gasteiger partial charge in [0.2, 0.25) is 0 Å². The Morgan fingerprint density at radius 2 is 1.61 bits per heavy atom. The van der Waals surface area contributed by atoms with E-state index in [4.69, 9.17) is 19.4 Å². The first-order valence-electron chi connectivity index (χ1n) is 9.62. The second kappa shape index (κ2) is 8.02. The molecule has 0 saturated carbocycles. The zero-order chi connectivity index (χ0) is 19.5. The minimum Gasteiger partial charge on any atom is -0.493 e. The van der Waals surface area contributed by atoms with Crippen LogP contribution in [0.25, 0.3) is 22.3 Å². The number of nitrogens with zero attached hydrogens (tertiary/aromatic N) is 4. The highest BCUT2D eigenvalue weighted by Gasteiger charge is 2.20. The molecule has 146 valence electrons. The summed E-state index contributed by atoms with van der Waals surface area (Å²) in [6.45, 7) is 4.02. The molecule has 0 radical (unpaired) electrons. The van der Waals surface area contributed by atoms with Crippen LogP contribution in [0.3, 0.4) is 0 Å². The first-order chi connectivity index (χ1) is 13.7. The van der Waals surface area contributed by atoms with Crippen molar-refractivity contribution in [2.45, 2.75) is 6.42 Å². The summed E-state index contributed by atoms with van der Waals surface area (Å²) in [5.41, 5.74) is 1.87. The molecule has 0 aliphatic carbocycles. The quantitative estimate of drug-likeness (QED) is 0.693. The van der Waals surface area contributed by atoms with Crippen LogP contribution in [0.1, 0.15) is 6.42 Å². The molecule has 0 atom stereocenters. The van der Waals surface area contributed by atoms with E-state index in [1.807, 2.05) is 42.5 Å². The number of methoxy groups -OCH3 is 2. The van der Waals surface area contributed by atoms with Gasteiger partial charge in [-0.05, 0) is 26.1 Å². The molecule has 1 aromatic heterocycles. The highest BCUT2D eigenvalue weighted by molar-refractivity contribution is 5.93. The highest BCUT2D eigenvalue weighted by Crippen LogP contribution is 2.36. The molecular formula is C22H26N4O2. The molecule has 0 bridgehead atoms. The summed E-state index contributed by atoms with van der Waals surface area (Å²) in [6.07, 6.45) is 1.11. The number of aromatic nitrogens is 2. The van der Waals surface area contributed by atoms with Crippen molar-refractivity contribution in [3.63, 3.8) is 0 Å². The van der Waals surface area contributed by atoms with Gasteiger partial charge in [0.1, 0.15) is 5.82 Å². The molecular weight excluding hydrogens is 352 g/mol. The first-order valence-corrected chi connectivity index (χ1v) is 9.62. The van der Waals surface area contributed by atoms with Crippen molar-refractivity contribution >= 4 is 16.7 Å². The van der Waals surface area contributed by atoms with Gasteiger partial charge in [-0.1, -0.05) is 30.3 Å². The molecule has 0 spiro atoms. The Bertz CT molecular complexity index is 962. The largest absolute Gasteiger partial charge is 0.493 e. The monoisotopic (exact) mass is 378 g/mol. The molecule has 1 aliphatic heterocycles. The fourth-order valence-electron chi connectivity index (χ4n) is 3.66. The molecule has 2 aromatic carbocycles. The normalized spacial score (nSPS) is 15.5. The van der Waals surface area contributed by atoms with Crippen LogP contribution in [0.2, 0.25) is 0 Å². The minimum atomic E-state index is 0.675. The van der Waals surface area contributed by atoms with Crippen LogP contribution in [0.4, 0.5) is 5.82 Å². The molecule has 1 aliphatic rings. The van der Waals surface area contributed by atoms with Gasteiger partial charge in [0.15, 0.2) is 17.3 Å². The summed E-state index contributed by atoms with van der Waals surface area (Å²) in [4.78, 5) is 14.6. The van der Waals surface area contributed by atoms with Crippen molar-refractivity contribution in [3.05, 3.63) is 42.5 Å². The molecule has 4 rings (SSSR count). The summed E-state index contributed by atoms with van der Waals surface area (Å²) >= 11 is 0. The van der Waals surface area contributed by atoms with E-state index < -0.39 is 0 Å². The van der Waals surface area contributed by atoms with Crippen molar-refractivity contribution < 1.29 is 9.47 Å². The number of fused-ring (bicyclic) bond motifs is 1. The van der Waals surface area contributed by atoms with E-state index in [2.05, 4.69) is 16.8 Å². The van der Waals surface area contributed by atoms with Crippen molar-refractivity contribution in [2.75, 3.05) is 52.3 Å². The van der Waals surface area contributed by atoms with E-state index in [-0.39, 0.29) is 0 Å². The van der Waals surface area contributed by atoms with E-state index in [9.17, 15) is 0 Å². The Balaban J connectivity index is 1.91. The van der Waals surface area contributed by atoms with Crippen molar-refractivity contribution in [1.29, 1.82) is 0 Å². The number of benzene rings is 2. The number of ether oxygens (including phenoxy) is 2. The van der Waals surface area contributed by atoms with Gasteiger partial charge in [-0.3, -0.25) is 0 Å².